The molecule has 0 unspecified atom stereocenters. The Balaban J connectivity index is 2.95. The molecule has 0 rings (SSSR count). The average Bonchev–Trinajstić information content (AvgIpc) is 2.26. The first kappa shape index (κ1) is 15.0. The van der Waals surface area contributed by atoms with Crippen molar-refractivity contribution in [1.29, 1.82) is 0 Å². The van der Waals surface area contributed by atoms with E-state index in [0.29, 0.717) is 0 Å². The van der Waals surface area contributed by atoms with Gasteiger partial charge >= 0.3 is 0 Å². The van der Waals surface area contributed by atoms with Gasteiger partial charge in [-0.25, -0.2) is 0 Å². The Morgan fingerprint density at radius 1 is 0.733 bits per heavy atom. The molecule has 0 aromatic carbocycles. The molecule has 0 heterocycles. The van der Waals surface area contributed by atoms with Gasteiger partial charge in [0.2, 0.25) is 0 Å². The molecule has 15 heavy (non-hydrogen) atoms. The van der Waals surface area contributed by atoms with Gasteiger partial charge in [0.05, 0.1) is 0 Å². The van der Waals surface area contributed by atoms with Gasteiger partial charge in [-0.15, -0.1) is 11.6 Å². The molecular formula is C14H27Cl. The van der Waals surface area contributed by atoms with Crippen LogP contribution in [0.3, 0.4) is 0 Å². The number of alkyl halides is 1. The largest absolute Gasteiger partial charge is 0.127 e. The van der Waals surface area contributed by atoms with Crippen LogP contribution in [0, 0.1) is 0 Å². The van der Waals surface area contributed by atoms with Crippen LogP contribution in [0.4, 0.5) is 0 Å². The standard InChI is InChI=1S/C14H27Cl/c1-2-3-4-5-6-7-8-9-10-11-12-13-14-15/h5-6H,2-4,7-14H2,1H3/b6-5+. The molecule has 0 bridgehead atoms. The normalized spacial score (nSPS) is 11.3. The molecule has 0 saturated carbocycles. The van der Waals surface area contributed by atoms with Crippen LogP contribution in [0.1, 0.15) is 71.1 Å². The van der Waals surface area contributed by atoms with Crippen LogP contribution in [-0.2, 0) is 0 Å². The lowest BCUT2D eigenvalue weighted by Gasteiger charge is -1.98. The Labute approximate surface area is 101 Å². The fourth-order valence-electron chi connectivity index (χ4n) is 1.62. The van der Waals surface area contributed by atoms with Gasteiger partial charge in [0.1, 0.15) is 0 Å². The molecule has 0 fully saturated rings. The first-order valence-corrected chi connectivity index (χ1v) is 7.16. The van der Waals surface area contributed by atoms with Crippen molar-refractivity contribution in [2.45, 2.75) is 71.1 Å². The summed E-state index contributed by atoms with van der Waals surface area (Å²) in [7, 11) is 0. The molecule has 0 atom stereocenters. The monoisotopic (exact) mass is 230 g/mol. The third kappa shape index (κ3) is 14.0. The van der Waals surface area contributed by atoms with Gasteiger partial charge in [-0.05, 0) is 25.7 Å². The predicted molar refractivity (Wildman–Crippen MR) is 71.7 cm³/mol. The number of halogens is 1. The topological polar surface area (TPSA) is 0 Å². The van der Waals surface area contributed by atoms with E-state index in [9.17, 15) is 0 Å². The first-order valence-electron chi connectivity index (χ1n) is 6.62. The molecule has 0 amide bonds. The van der Waals surface area contributed by atoms with E-state index in [4.69, 9.17) is 11.6 Å². The van der Waals surface area contributed by atoms with Gasteiger partial charge in [0, 0.05) is 5.88 Å². The van der Waals surface area contributed by atoms with E-state index in [-0.39, 0.29) is 0 Å². The van der Waals surface area contributed by atoms with Crippen molar-refractivity contribution < 1.29 is 0 Å². The first-order chi connectivity index (χ1) is 7.41. The summed E-state index contributed by atoms with van der Waals surface area (Å²) >= 11 is 5.62. The highest BCUT2D eigenvalue weighted by molar-refractivity contribution is 6.17. The van der Waals surface area contributed by atoms with Crippen molar-refractivity contribution in [3.63, 3.8) is 0 Å². The molecule has 0 N–H and O–H groups in total. The highest BCUT2D eigenvalue weighted by Crippen LogP contribution is 2.08. The van der Waals surface area contributed by atoms with E-state index < -0.39 is 0 Å². The lowest BCUT2D eigenvalue weighted by molar-refractivity contribution is 0.612. The Morgan fingerprint density at radius 3 is 1.87 bits per heavy atom. The van der Waals surface area contributed by atoms with E-state index in [2.05, 4.69) is 19.1 Å². The molecule has 0 saturated heterocycles. The molecule has 0 aliphatic rings. The zero-order valence-corrected chi connectivity index (χ0v) is 11.1. The third-order valence-corrected chi connectivity index (χ3v) is 2.91. The maximum absolute atomic E-state index is 5.62. The summed E-state index contributed by atoms with van der Waals surface area (Å²) in [6, 6.07) is 0. The Hall–Kier alpha value is 0.0300. The van der Waals surface area contributed by atoms with Crippen LogP contribution in [-0.4, -0.2) is 5.88 Å². The number of rotatable bonds is 11. The molecular weight excluding hydrogens is 204 g/mol. The van der Waals surface area contributed by atoms with E-state index >= 15 is 0 Å². The van der Waals surface area contributed by atoms with Crippen LogP contribution in [0.5, 0.6) is 0 Å². The molecule has 0 aromatic heterocycles. The molecule has 0 nitrogen and oxygen atoms in total. The average molecular weight is 231 g/mol. The maximum Gasteiger partial charge on any atom is 0.0223 e. The van der Waals surface area contributed by atoms with Gasteiger partial charge in [-0.2, -0.15) is 0 Å². The van der Waals surface area contributed by atoms with Crippen LogP contribution >= 0.6 is 11.6 Å². The minimum absolute atomic E-state index is 0.833. The summed E-state index contributed by atoms with van der Waals surface area (Å²) < 4.78 is 0. The Morgan fingerprint density at radius 2 is 1.27 bits per heavy atom. The molecule has 0 aliphatic heterocycles. The number of allylic oxidation sites excluding steroid dienone is 2. The summed E-state index contributed by atoms with van der Waals surface area (Å²) in [4.78, 5) is 0. The lowest BCUT2D eigenvalue weighted by Crippen LogP contribution is -1.80. The Kier molecular flexibility index (Phi) is 14.1. The molecule has 0 radical (unpaired) electrons. The molecule has 0 aromatic rings. The smallest absolute Gasteiger partial charge is 0.0223 e. The van der Waals surface area contributed by atoms with Crippen LogP contribution in [0.25, 0.3) is 0 Å². The number of hydrogen-bond acceptors (Lipinski definition) is 0. The third-order valence-electron chi connectivity index (χ3n) is 2.65. The van der Waals surface area contributed by atoms with Gasteiger partial charge in [-0.1, -0.05) is 57.6 Å². The summed E-state index contributed by atoms with van der Waals surface area (Å²) in [6.45, 7) is 2.24. The SMILES string of the molecule is CCCC/C=C/CCCCCCCCCl. The van der Waals surface area contributed by atoms with Gasteiger partial charge in [0.25, 0.3) is 0 Å². The van der Waals surface area contributed by atoms with Crippen LogP contribution < -0.4 is 0 Å². The van der Waals surface area contributed by atoms with Gasteiger partial charge in [-0.3, -0.25) is 0 Å². The second-order valence-electron chi connectivity index (χ2n) is 4.21. The molecule has 0 aliphatic carbocycles. The van der Waals surface area contributed by atoms with Crippen molar-refractivity contribution in [3.05, 3.63) is 12.2 Å². The fraction of sp³-hybridized carbons (Fsp3) is 0.857. The van der Waals surface area contributed by atoms with E-state index in [1.165, 1.54) is 64.2 Å². The minimum Gasteiger partial charge on any atom is -0.127 e. The zero-order chi connectivity index (χ0) is 11.2. The second-order valence-corrected chi connectivity index (χ2v) is 4.59. The summed E-state index contributed by atoms with van der Waals surface area (Å²) in [5, 5.41) is 0. The molecule has 1 heteroatoms. The quantitative estimate of drug-likeness (QED) is 0.243. The summed E-state index contributed by atoms with van der Waals surface area (Å²) in [5.74, 6) is 0.833. The maximum atomic E-state index is 5.62. The van der Waals surface area contributed by atoms with Crippen molar-refractivity contribution in [2.24, 2.45) is 0 Å². The van der Waals surface area contributed by atoms with Crippen molar-refractivity contribution in [3.8, 4) is 0 Å². The second kappa shape index (κ2) is 14.0. The van der Waals surface area contributed by atoms with Crippen LogP contribution in [0.2, 0.25) is 0 Å². The van der Waals surface area contributed by atoms with Crippen LogP contribution in [0.15, 0.2) is 12.2 Å². The fourth-order valence-corrected chi connectivity index (χ4v) is 1.81. The molecule has 0 spiro atoms. The summed E-state index contributed by atoms with van der Waals surface area (Å²) in [6.07, 6.45) is 17.9. The number of hydrogen-bond donors (Lipinski definition) is 0. The highest BCUT2D eigenvalue weighted by Gasteiger charge is 1.89. The van der Waals surface area contributed by atoms with E-state index in [1.54, 1.807) is 0 Å². The predicted octanol–water partition coefficient (Wildman–Crippen LogP) is 5.70. The molecule has 90 valence electrons. The highest BCUT2D eigenvalue weighted by atomic mass is 35.5. The van der Waals surface area contributed by atoms with Gasteiger partial charge in [0.15, 0.2) is 0 Å². The van der Waals surface area contributed by atoms with E-state index in [1.807, 2.05) is 0 Å². The van der Waals surface area contributed by atoms with E-state index in [0.717, 1.165) is 5.88 Å². The zero-order valence-electron chi connectivity index (χ0n) is 10.3. The van der Waals surface area contributed by atoms with Crippen molar-refractivity contribution >= 4 is 11.6 Å². The van der Waals surface area contributed by atoms with Crippen molar-refractivity contribution in [2.75, 3.05) is 5.88 Å². The summed E-state index contributed by atoms with van der Waals surface area (Å²) in [5.41, 5.74) is 0. The number of unbranched alkanes of at least 4 members (excludes halogenated alkanes) is 8. The Bertz CT molecular complexity index is 129. The van der Waals surface area contributed by atoms with Gasteiger partial charge < -0.3 is 0 Å². The lowest BCUT2D eigenvalue weighted by atomic mass is 10.1. The minimum atomic E-state index is 0.833. The van der Waals surface area contributed by atoms with Crippen molar-refractivity contribution in [1.82, 2.24) is 0 Å².